The monoisotopic (exact) mass is 227 g/mol. The summed E-state index contributed by atoms with van der Waals surface area (Å²) in [5, 5.41) is 0. The van der Waals surface area contributed by atoms with Gasteiger partial charge in [-0.05, 0) is 44.3 Å². The lowest BCUT2D eigenvalue weighted by Crippen LogP contribution is -2.11. The maximum absolute atomic E-state index is 3.45. The molecule has 0 amide bonds. The zero-order chi connectivity index (χ0) is 9.14. The maximum atomic E-state index is 3.45. The van der Waals surface area contributed by atoms with Crippen LogP contribution in [0.1, 0.15) is 11.1 Å². The van der Waals surface area contributed by atoms with Crippen LogP contribution in [-0.4, -0.2) is 19.0 Å². The van der Waals surface area contributed by atoms with Crippen molar-refractivity contribution in [2.24, 2.45) is 0 Å². The molecule has 0 radical (unpaired) electrons. The van der Waals surface area contributed by atoms with Crippen LogP contribution in [0.15, 0.2) is 22.7 Å². The lowest BCUT2D eigenvalue weighted by molar-refractivity contribution is 0.401. The van der Waals surface area contributed by atoms with E-state index >= 15 is 0 Å². The van der Waals surface area contributed by atoms with Crippen LogP contribution in [0.25, 0.3) is 0 Å². The van der Waals surface area contributed by atoms with Crippen molar-refractivity contribution in [3.63, 3.8) is 0 Å². The molecule has 0 unspecified atom stereocenters. The Bertz CT molecular complexity index is 269. The Labute approximate surface area is 82.5 Å². The predicted octanol–water partition coefficient (Wildman–Crippen LogP) is 2.82. The van der Waals surface area contributed by atoms with Crippen LogP contribution in [0, 0.1) is 6.92 Å². The molecule has 0 aliphatic rings. The standard InChI is InChI=1S/C10H14BrN/c1-8-6-10(11)5-4-9(8)7-12(2)3/h4-6H,7H2,1-3H3. The maximum Gasteiger partial charge on any atom is 0.0230 e. The largest absolute Gasteiger partial charge is 0.305 e. The molecule has 2 heteroatoms. The van der Waals surface area contributed by atoms with Crippen LogP contribution < -0.4 is 0 Å². The van der Waals surface area contributed by atoms with Gasteiger partial charge in [0.05, 0.1) is 0 Å². The summed E-state index contributed by atoms with van der Waals surface area (Å²) >= 11 is 3.45. The number of rotatable bonds is 2. The summed E-state index contributed by atoms with van der Waals surface area (Å²) in [6.45, 7) is 3.16. The van der Waals surface area contributed by atoms with E-state index in [1.54, 1.807) is 0 Å². The van der Waals surface area contributed by atoms with Gasteiger partial charge in [-0.3, -0.25) is 0 Å². The first-order valence-corrected chi connectivity index (χ1v) is 4.78. The van der Waals surface area contributed by atoms with Crippen LogP contribution in [0.4, 0.5) is 0 Å². The van der Waals surface area contributed by atoms with E-state index in [0.717, 1.165) is 11.0 Å². The smallest absolute Gasteiger partial charge is 0.0230 e. The summed E-state index contributed by atoms with van der Waals surface area (Å²) in [5.74, 6) is 0. The number of benzene rings is 1. The minimum Gasteiger partial charge on any atom is -0.305 e. The minimum atomic E-state index is 1.01. The number of hydrogen-bond donors (Lipinski definition) is 0. The molecule has 1 aromatic carbocycles. The minimum absolute atomic E-state index is 1.01. The molecule has 0 saturated heterocycles. The number of nitrogens with zero attached hydrogens (tertiary/aromatic N) is 1. The Morgan fingerprint density at radius 3 is 2.50 bits per heavy atom. The van der Waals surface area contributed by atoms with Gasteiger partial charge >= 0.3 is 0 Å². The molecule has 1 nitrogen and oxygen atoms in total. The molecule has 0 fully saturated rings. The average molecular weight is 228 g/mol. The summed E-state index contributed by atoms with van der Waals surface area (Å²) in [6.07, 6.45) is 0. The van der Waals surface area contributed by atoms with Gasteiger partial charge in [-0.2, -0.15) is 0 Å². The number of halogens is 1. The average Bonchev–Trinajstić information content (AvgIpc) is 1.94. The Hall–Kier alpha value is -0.340. The van der Waals surface area contributed by atoms with E-state index in [4.69, 9.17) is 0 Å². The zero-order valence-corrected chi connectivity index (χ0v) is 9.35. The molecule has 0 atom stereocenters. The molecule has 1 rings (SSSR count). The summed E-state index contributed by atoms with van der Waals surface area (Å²) in [7, 11) is 4.17. The molecule has 0 N–H and O–H groups in total. The van der Waals surface area contributed by atoms with Crippen molar-refractivity contribution in [3.05, 3.63) is 33.8 Å². The topological polar surface area (TPSA) is 3.24 Å². The number of hydrogen-bond acceptors (Lipinski definition) is 1. The molecule has 0 bridgehead atoms. The SMILES string of the molecule is Cc1cc(Br)ccc1CN(C)C. The fourth-order valence-electron chi connectivity index (χ4n) is 1.18. The highest BCUT2D eigenvalue weighted by molar-refractivity contribution is 9.10. The first kappa shape index (κ1) is 9.75. The van der Waals surface area contributed by atoms with Gasteiger partial charge in [0.15, 0.2) is 0 Å². The molecule has 1 aromatic rings. The van der Waals surface area contributed by atoms with Gasteiger partial charge in [-0.1, -0.05) is 22.0 Å². The quantitative estimate of drug-likeness (QED) is 0.752. The third-order valence-corrected chi connectivity index (χ3v) is 2.28. The summed E-state index contributed by atoms with van der Waals surface area (Å²) in [6, 6.07) is 6.41. The number of aryl methyl sites for hydroxylation is 1. The molecular weight excluding hydrogens is 214 g/mol. The normalized spacial score (nSPS) is 10.8. The van der Waals surface area contributed by atoms with Crippen molar-refractivity contribution in [1.82, 2.24) is 4.90 Å². The van der Waals surface area contributed by atoms with Gasteiger partial charge in [0, 0.05) is 11.0 Å². The molecular formula is C10H14BrN. The molecule has 0 aliphatic carbocycles. The van der Waals surface area contributed by atoms with Gasteiger partial charge in [0.1, 0.15) is 0 Å². The van der Waals surface area contributed by atoms with E-state index in [9.17, 15) is 0 Å². The Morgan fingerprint density at radius 2 is 2.00 bits per heavy atom. The van der Waals surface area contributed by atoms with Crippen LogP contribution >= 0.6 is 15.9 Å². The third-order valence-electron chi connectivity index (χ3n) is 1.79. The van der Waals surface area contributed by atoms with E-state index < -0.39 is 0 Å². The Kier molecular flexibility index (Phi) is 3.29. The summed E-state index contributed by atoms with van der Waals surface area (Å²) in [4.78, 5) is 2.18. The molecule has 66 valence electrons. The first-order chi connectivity index (χ1) is 5.59. The van der Waals surface area contributed by atoms with Crippen molar-refractivity contribution in [2.75, 3.05) is 14.1 Å². The van der Waals surface area contributed by atoms with Crippen molar-refractivity contribution in [1.29, 1.82) is 0 Å². The van der Waals surface area contributed by atoms with Gasteiger partial charge in [-0.15, -0.1) is 0 Å². The lowest BCUT2D eigenvalue weighted by Gasteiger charge is -2.11. The molecule has 12 heavy (non-hydrogen) atoms. The molecule has 0 spiro atoms. The Morgan fingerprint density at radius 1 is 1.33 bits per heavy atom. The summed E-state index contributed by atoms with van der Waals surface area (Å²) < 4.78 is 1.16. The summed E-state index contributed by atoms with van der Waals surface area (Å²) in [5.41, 5.74) is 2.74. The highest BCUT2D eigenvalue weighted by atomic mass is 79.9. The predicted molar refractivity (Wildman–Crippen MR) is 56.3 cm³/mol. The van der Waals surface area contributed by atoms with Crippen molar-refractivity contribution in [2.45, 2.75) is 13.5 Å². The Balaban J connectivity index is 2.86. The second-order valence-corrected chi connectivity index (χ2v) is 4.22. The molecule has 0 saturated carbocycles. The van der Waals surface area contributed by atoms with Crippen molar-refractivity contribution in [3.8, 4) is 0 Å². The second kappa shape index (κ2) is 4.06. The molecule has 0 heterocycles. The highest BCUT2D eigenvalue weighted by Crippen LogP contribution is 2.16. The van der Waals surface area contributed by atoms with E-state index in [2.05, 4.69) is 60.0 Å². The van der Waals surface area contributed by atoms with E-state index in [1.807, 2.05) is 0 Å². The molecule has 0 aromatic heterocycles. The van der Waals surface area contributed by atoms with Crippen LogP contribution in [0.3, 0.4) is 0 Å². The van der Waals surface area contributed by atoms with Gasteiger partial charge < -0.3 is 4.90 Å². The fraction of sp³-hybridized carbons (Fsp3) is 0.400. The fourth-order valence-corrected chi connectivity index (χ4v) is 1.65. The first-order valence-electron chi connectivity index (χ1n) is 3.99. The van der Waals surface area contributed by atoms with Gasteiger partial charge in [0.2, 0.25) is 0 Å². The van der Waals surface area contributed by atoms with E-state index in [0.29, 0.717) is 0 Å². The van der Waals surface area contributed by atoms with E-state index in [1.165, 1.54) is 11.1 Å². The van der Waals surface area contributed by atoms with Crippen molar-refractivity contribution < 1.29 is 0 Å². The van der Waals surface area contributed by atoms with Crippen LogP contribution in [-0.2, 0) is 6.54 Å². The highest BCUT2D eigenvalue weighted by Gasteiger charge is 1.99. The van der Waals surface area contributed by atoms with Crippen molar-refractivity contribution >= 4 is 15.9 Å². The van der Waals surface area contributed by atoms with Gasteiger partial charge in [0.25, 0.3) is 0 Å². The third kappa shape index (κ3) is 2.61. The van der Waals surface area contributed by atoms with Gasteiger partial charge in [-0.25, -0.2) is 0 Å². The van der Waals surface area contributed by atoms with Crippen LogP contribution in [0.5, 0.6) is 0 Å². The lowest BCUT2D eigenvalue weighted by atomic mass is 10.1. The molecule has 0 aliphatic heterocycles. The zero-order valence-electron chi connectivity index (χ0n) is 7.76. The van der Waals surface area contributed by atoms with Crippen LogP contribution in [0.2, 0.25) is 0 Å². The van der Waals surface area contributed by atoms with E-state index in [-0.39, 0.29) is 0 Å². The second-order valence-electron chi connectivity index (χ2n) is 3.31.